The van der Waals surface area contributed by atoms with E-state index in [-0.39, 0.29) is 24.3 Å². The third-order valence-electron chi connectivity index (χ3n) is 4.50. The predicted molar refractivity (Wildman–Crippen MR) is 109 cm³/mol. The van der Waals surface area contributed by atoms with Crippen molar-refractivity contribution in [3.05, 3.63) is 16.0 Å². The number of ether oxygens (including phenoxy) is 3. The molecule has 8 nitrogen and oxygen atoms in total. The molecule has 0 saturated carbocycles. The van der Waals surface area contributed by atoms with E-state index in [1.807, 2.05) is 0 Å². The van der Waals surface area contributed by atoms with Crippen LogP contribution in [0.4, 0.5) is 5.00 Å². The van der Waals surface area contributed by atoms with Crippen molar-refractivity contribution in [2.24, 2.45) is 0 Å². The van der Waals surface area contributed by atoms with Crippen molar-refractivity contribution in [1.82, 2.24) is 0 Å². The third-order valence-corrected chi connectivity index (χ3v) is 5.98. The second-order valence-electron chi connectivity index (χ2n) is 8.21. The minimum atomic E-state index is -0.615. The number of esters is 2. The van der Waals surface area contributed by atoms with Crippen LogP contribution in [0.3, 0.4) is 0 Å². The monoisotopic (exact) mass is 427 g/mol. The standard InChI is InChI=1S/C20H30N2O6S/c1-7-26-11-14(24)28-10-13(23)21-17-15(18(25)27-8-2)12-9-19(3,4)22-20(5,6)16(12)29-17/h22H,7-11H2,1-6H3,(H,21,23)/p+1. The minimum Gasteiger partial charge on any atom is -0.462 e. The molecule has 0 spiro atoms. The lowest BCUT2D eigenvalue weighted by molar-refractivity contribution is -0.789. The van der Waals surface area contributed by atoms with Crippen molar-refractivity contribution in [2.45, 2.75) is 59.0 Å². The van der Waals surface area contributed by atoms with Crippen molar-refractivity contribution < 1.29 is 33.9 Å². The van der Waals surface area contributed by atoms with Gasteiger partial charge in [-0.15, -0.1) is 11.3 Å². The zero-order chi connectivity index (χ0) is 21.8. The number of rotatable bonds is 8. The van der Waals surface area contributed by atoms with Gasteiger partial charge in [0.2, 0.25) is 0 Å². The lowest BCUT2D eigenvalue weighted by Crippen LogP contribution is -3.03. The van der Waals surface area contributed by atoms with Gasteiger partial charge >= 0.3 is 11.9 Å². The molecule has 0 aliphatic carbocycles. The van der Waals surface area contributed by atoms with Gasteiger partial charge in [-0.1, -0.05) is 0 Å². The van der Waals surface area contributed by atoms with Crippen LogP contribution in [-0.2, 0) is 35.8 Å². The van der Waals surface area contributed by atoms with Crippen molar-refractivity contribution in [3.63, 3.8) is 0 Å². The first-order valence-electron chi connectivity index (χ1n) is 9.74. The second-order valence-corrected chi connectivity index (χ2v) is 9.23. The second kappa shape index (κ2) is 9.23. The molecule has 0 bridgehead atoms. The fourth-order valence-corrected chi connectivity index (χ4v) is 5.04. The summed E-state index contributed by atoms with van der Waals surface area (Å²) < 4.78 is 15.1. The average molecular weight is 428 g/mol. The normalized spacial score (nSPS) is 16.6. The van der Waals surface area contributed by atoms with Crippen molar-refractivity contribution in [3.8, 4) is 0 Å². The first-order valence-corrected chi connectivity index (χ1v) is 10.6. The molecular weight excluding hydrogens is 396 g/mol. The van der Waals surface area contributed by atoms with Crippen molar-refractivity contribution in [1.29, 1.82) is 0 Å². The summed E-state index contributed by atoms with van der Waals surface area (Å²) >= 11 is 1.37. The van der Waals surface area contributed by atoms with Crippen LogP contribution < -0.4 is 10.6 Å². The summed E-state index contributed by atoms with van der Waals surface area (Å²) in [5.41, 5.74) is 0.954. The lowest BCUT2D eigenvalue weighted by atomic mass is 9.81. The summed E-state index contributed by atoms with van der Waals surface area (Å²) in [5, 5.41) is 5.43. The molecule has 9 heteroatoms. The van der Waals surface area contributed by atoms with Crippen LogP contribution in [0, 0.1) is 0 Å². The molecule has 0 radical (unpaired) electrons. The Bertz CT molecular complexity index is 784. The number of nitrogens with one attached hydrogen (secondary N) is 1. The molecule has 0 saturated heterocycles. The van der Waals surface area contributed by atoms with E-state index in [9.17, 15) is 14.4 Å². The van der Waals surface area contributed by atoms with E-state index < -0.39 is 24.5 Å². The van der Waals surface area contributed by atoms with E-state index in [0.29, 0.717) is 23.6 Å². The van der Waals surface area contributed by atoms with Crippen LogP contribution in [0.15, 0.2) is 0 Å². The van der Waals surface area contributed by atoms with E-state index in [0.717, 1.165) is 10.4 Å². The van der Waals surface area contributed by atoms with Gasteiger partial charge < -0.3 is 24.8 Å². The Morgan fingerprint density at radius 1 is 1.07 bits per heavy atom. The first kappa shape index (κ1) is 23.3. The smallest absolute Gasteiger partial charge is 0.341 e. The van der Waals surface area contributed by atoms with Gasteiger partial charge in [0.15, 0.2) is 6.61 Å². The number of hydrogen-bond donors (Lipinski definition) is 2. The van der Waals surface area contributed by atoms with Crippen LogP contribution in [0.5, 0.6) is 0 Å². The summed E-state index contributed by atoms with van der Waals surface area (Å²) in [7, 11) is 0. The molecule has 2 heterocycles. The number of fused-ring (bicyclic) bond motifs is 1. The SMILES string of the molecule is CCOCC(=O)OCC(=O)Nc1sc2c(c1C(=O)OCC)CC(C)(C)[NH2+]C2(C)C. The molecule has 29 heavy (non-hydrogen) atoms. The topological polar surface area (TPSA) is 108 Å². The quantitative estimate of drug-likeness (QED) is 0.610. The molecule has 1 aliphatic heterocycles. The molecule has 3 N–H and O–H groups in total. The van der Waals surface area contributed by atoms with E-state index in [1.165, 1.54) is 11.3 Å². The fraction of sp³-hybridized carbons (Fsp3) is 0.650. The Kier molecular flexibility index (Phi) is 7.42. The van der Waals surface area contributed by atoms with Gasteiger partial charge in [-0.25, -0.2) is 9.59 Å². The van der Waals surface area contributed by atoms with Crippen LogP contribution >= 0.6 is 11.3 Å². The van der Waals surface area contributed by atoms with Gasteiger partial charge in [0.05, 0.1) is 22.6 Å². The highest BCUT2D eigenvalue weighted by molar-refractivity contribution is 7.17. The summed E-state index contributed by atoms with van der Waals surface area (Å²) in [5.74, 6) is -1.59. The molecule has 1 aromatic heterocycles. The molecule has 0 aromatic carbocycles. The van der Waals surface area contributed by atoms with Gasteiger partial charge in [0, 0.05) is 13.0 Å². The molecule has 2 rings (SSSR count). The number of carbonyl (C=O) groups excluding carboxylic acids is 3. The number of amides is 1. The van der Waals surface area contributed by atoms with Crippen LogP contribution in [-0.4, -0.2) is 49.8 Å². The number of hydrogen-bond acceptors (Lipinski definition) is 7. The maximum Gasteiger partial charge on any atom is 0.341 e. The largest absolute Gasteiger partial charge is 0.462 e. The molecule has 0 atom stereocenters. The molecule has 0 fully saturated rings. The Labute approximate surface area is 175 Å². The van der Waals surface area contributed by atoms with Crippen LogP contribution in [0.1, 0.15) is 62.3 Å². The molecule has 1 aliphatic rings. The number of nitrogens with two attached hydrogens (primary N) is 1. The molecule has 1 amide bonds. The van der Waals surface area contributed by atoms with E-state index in [1.54, 1.807) is 13.8 Å². The van der Waals surface area contributed by atoms with Crippen LogP contribution in [0.2, 0.25) is 0 Å². The highest BCUT2D eigenvalue weighted by Crippen LogP contribution is 2.42. The van der Waals surface area contributed by atoms with Gasteiger partial charge in [0.1, 0.15) is 17.1 Å². The minimum absolute atomic E-state index is 0.102. The summed E-state index contributed by atoms with van der Waals surface area (Å²) in [4.78, 5) is 37.6. The highest BCUT2D eigenvalue weighted by atomic mass is 32.1. The average Bonchev–Trinajstić information content (AvgIpc) is 2.95. The van der Waals surface area contributed by atoms with Gasteiger partial charge in [-0.2, -0.15) is 0 Å². The first-order chi connectivity index (χ1) is 13.5. The van der Waals surface area contributed by atoms with Gasteiger partial charge in [-0.05, 0) is 47.1 Å². The number of anilines is 1. The molecular formula is C20H31N2O6S+. The third kappa shape index (κ3) is 5.77. The van der Waals surface area contributed by atoms with Crippen LogP contribution in [0.25, 0.3) is 0 Å². The summed E-state index contributed by atoms with van der Waals surface area (Å²) in [6.45, 7) is 11.9. The lowest BCUT2D eigenvalue weighted by Gasteiger charge is -2.38. The number of thiophene rings is 1. The van der Waals surface area contributed by atoms with E-state index >= 15 is 0 Å². The predicted octanol–water partition coefficient (Wildman–Crippen LogP) is 1.58. The van der Waals surface area contributed by atoms with E-state index in [2.05, 4.69) is 38.3 Å². The summed E-state index contributed by atoms with van der Waals surface area (Å²) in [6, 6.07) is 0. The molecule has 1 aromatic rings. The van der Waals surface area contributed by atoms with Gasteiger partial charge in [-0.3, -0.25) is 4.79 Å². The Balaban J connectivity index is 2.28. The Morgan fingerprint density at radius 2 is 1.76 bits per heavy atom. The fourth-order valence-electron chi connectivity index (χ4n) is 3.75. The Morgan fingerprint density at radius 3 is 2.38 bits per heavy atom. The van der Waals surface area contributed by atoms with Crippen molar-refractivity contribution in [2.75, 3.05) is 31.7 Å². The Hall–Kier alpha value is -1.97. The number of carbonyl (C=O) groups is 3. The zero-order valence-electron chi connectivity index (χ0n) is 18.0. The maximum absolute atomic E-state index is 12.7. The number of quaternary nitrogens is 1. The maximum atomic E-state index is 12.7. The van der Waals surface area contributed by atoms with Crippen molar-refractivity contribution >= 4 is 34.2 Å². The molecule has 162 valence electrons. The van der Waals surface area contributed by atoms with Gasteiger partial charge in [0.25, 0.3) is 5.91 Å². The summed E-state index contributed by atoms with van der Waals surface area (Å²) in [6.07, 6.45) is 0.676. The molecule has 0 unspecified atom stereocenters. The zero-order valence-corrected chi connectivity index (χ0v) is 18.8. The highest BCUT2D eigenvalue weighted by Gasteiger charge is 2.45. The van der Waals surface area contributed by atoms with E-state index in [4.69, 9.17) is 14.2 Å².